The molecule has 158 valence electrons. The molecule has 2 aromatic carbocycles. The summed E-state index contributed by atoms with van der Waals surface area (Å²) in [5.74, 6) is -1.01. The topological polar surface area (TPSA) is 77.1 Å². The van der Waals surface area contributed by atoms with E-state index in [2.05, 4.69) is 10.1 Å². The predicted molar refractivity (Wildman–Crippen MR) is 99.6 cm³/mol. The summed E-state index contributed by atoms with van der Waals surface area (Å²) in [5.41, 5.74) is 0.436. The maximum atomic E-state index is 12.6. The first-order valence-electron chi connectivity index (χ1n) is 9.16. The number of anilines is 2. The van der Waals surface area contributed by atoms with Gasteiger partial charge in [0.1, 0.15) is 13.2 Å². The molecule has 10 heteroatoms. The molecule has 1 atom stereocenters. The zero-order valence-electron chi connectivity index (χ0n) is 15.6. The highest BCUT2D eigenvalue weighted by molar-refractivity contribution is 6.04. The number of alkyl halides is 3. The number of carbonyl (C=O) groups excluding carboxylic acids is 2. The molecular formula is C20H17F3N2O5. The molecule has 2 aliphatic rings. The van der Waals surface area contributed by atoms with E-state index in [0.29, 0.717) is 30.4 Å². The Bertz CT molecular complexity index is 979. The zero-order chi connectivity index (χ0) is 21.3. The second-order valence-electron chi connectivity index (χ2n) is 6.77. The van der Waals surface area contributed by atoms with Crippen molar-refractivity contribution in [2.24, 2.45) is 5.92 Å². The molecule has 1 fully saturated rings. The van der Waals surface area contributed by atoms with Crippen LogP contribution < -0.4 is 24.4 Å². The number of nitrogens with one attached hydrogen (secondary N) is 1. The monoisotopic (exact) mass is 422 g/mol. The summed E-state index contributed by atoms with van der Waals surface area (Å²) in [5, 5.41) is 2.43. The van der Waals surface area contributed by atoms with Crippen LogP contribution >= 0.6 is 0 Å². The third-order valence-electron chi connectivity index (χ3n) is 4.70. The largest absolute Gasteiger partial charge is 0.573 e. The number of amides is 2. The Kier molecular flexibility index (Phi) is 5.15. The van der Waals surface area contributed by atoms with Crippen molar-refractivity contribution in [3.05, 3.63) is 42.5 Å². The Labute approximate surface area is 169 Å². The number of fused-ring (bicyclic) bond motifs is 1. The zero-order valence-corrected chi connectivity index (χ0v) is 15.6. The number of benzene rings is 2. The lowest BCUT2D eigenvalue weighted by Gasteiger charge is -2.22. The smallest absolute Gasteiger partial charge is 0.486 e. The molecule has 7 nitrogen and oxygen atoms in total. The predicted octanol–water partition coefficient (Wildman–Crippen LogP) is 3.35. The van der Waals surface area contributed by atoms with E-state index in [1.54, 1.807) is 18.2 Å². The van der Waals surface area contributed by atoms with Gasteiger partial charge in [-0.3, -0.25) is 9.59 Å². The van der Waals surface area contributed by atoms with Crippen molar-refractivity contribution in [1.82, 2.24) is 0 Å². The Balaban J connectivity index is 1.46. The Morgan fingerprint density at radius 1 is 1.10 bits per heavy atom. The van der Waals surface area contributed by atoms with E-state index in [-0.39, 0.29) is 24.6 Å². The fourth-order valence-electron chi connectivity index (χ4n) is 3.35. The van der Waals surface area contributed by atoms with Crippen LogP contribution in [0.25, 0.3) is 0 Å². The molecule has 4 rings (SSSR count). The van der Waals surface area contributed by atoms with Crippen LogP contribution in [0.4, 0.5) is 24.5 Å². The van der Waals surface area contributed by atoms with Crippen LogP contribution in [0.1, 0.15) is 6.42 Å². The highest BCUT2D eigenvalue weighted by atomic mass is 19.4. The average molecular weight is 422 g/mol. The highest BCUT2D eigenvalue weighted by Gasteiger charge is 2.37. The average Bonchev–Trinajstić information content (AvgIpc) is 3.10. The van der Waals surface area contributed by atoms with E-state index in [4.69, 9.17) is 9.47 Å². The van der Waals surface area contributed by atoms with E-state index >= 15 is 0 Å². The summed E-state index contributed by atoms with van der Waals surface area (Å²) >= 11 is 0. The van der Waals surface area contributed by atoms with Crippen LogP contribution in [0.15, 0.2) is 42.5 Å². The quantitative estimate of drug-likeness (QED) is 0.818. The summed E-state index contributed by atoms with van der Waals surface area (Å²) in [6.07, 6.45) is -4.96. The van der Waals surface area contributed by atoms with Crippen molar-refractivity contribution < 1.29 is 37.0 Å². The van der Waals surface area contributed by atoms with Gasteiger partial charge in [-0.2, -0.15) is 0 Å². The van der Waals surface area contributed by atoms with Gasteiger partial charge in [-0.25, -0.2) is 0 Å². The third kappa shape index (κ3) is 4.27. The molecular weight excluding hydrogens is 405 g/mol. The molecule has 2 heterocycles. The van der Waals surface area contributed by atoms with Crippen molar-refractivity contribution in [3.63, 3.8) is 0 Å². The van der Waals surface area contributed by atoms with Gasteiger partial charge in [-0.05, 0) is 24.3 Å². The molecule has 1 saturated heterocycles. The molecule has 0 aromatic heterocycles. The van der Waals surface area contributed by atoms with E-state index in [1.165, 1.54) is 23.1 Å². The number of para-hydroxylation sites is 2. The minimum Gasteiger partial charge on any atom is -0.486 e. The summed E-state index contributed by atoms with van der Waals surface area (Å²) in [6.45, 7) is 0.929. The molecule has 0 radical (unpaired) electrons. The van der Waals surface area contributed by atoms with Crippen molar-refractivity contribution in [2.75, 3.05) is 30.0 Å². The van der Waals surface area contributed by atoms with Gasteiger partial charge in [0, 0.05) is 24.7 Å². The van der Waals surface area contributed by atoms with Crippen LogP contribution in [0.2, 0.25) is 0 Å². The first kappa shape index (κ1) is 19.9. The Hall–Kier alpha value is -3.43. The maximum Gasteiger partial charge on any atom is 0.573 e. The number of halogens is 3. The van der Waals surface area contributed by atoms with E-state index in [1.807, 2.05) is 0 Å². The molecule has 1 N–H and O–H groups in total. The van der Waals surface area contributed by atoms with E-state index in [0.717, 1.165) is 6.07 Å². The number of rotatable bonds is 4. The minimum atomic E-state index is -4.89. The molecule has 30 heavy (non-hydrogen) atoms. The van der Waals surface area contributed by atoms with Crippen LogP contribution in [-0.4, -0.2) is 37.9 Å². The Morgan fingerprint density at radius 2 is 1.83 bits per heavy atom. The number of hydrogen-bond donors (Lipinski definition) is 1. The maximum absolute atomic E-state index is 12.6. The standard InChI is InChI=1S/C20H17F3N2O5/c21-20(22,23)30-15-4-2-1-3-14(15)24-19(27)12-9-18(26)25(11-12)13-5-6-16-17(10-13)29-8-7-28-16/h1-6,10,12H,7-9,11H2,(H,24,27). The molecule has 0 spiro atoms. The summed E-state index contributed by atoms with van der Waals surface area (Å²) < 4.78 is 52.6. The van der Waals surface area contributed by atoms with Crippen molar-refractivity contribution in [1.29, 1.82) is 0 Å². The fourth-order valence-corrected chi connectivity index (χ4v) is 3.35. The van der Waals surface area contributed by atoms with Crippen molar-refractivity contribution in [2.45, 2.75) is 12.8 Å². The molecule has 2 amide bonds. The van der Waals surface area contributed by atoms with Crippen LogP contribution in [0, 0.1) is 5.92 Å². The lowest BCUT2D eigenvalue weighted by Crippen LogP contribution is -2.28. The van der Waals surface area contributed by atoms with Gasteiger partial charge in [0.05, 0.1) is 11.6 Å². The molecule has 0 aliphatic carbocycles. The lowest BCUT2D eigenvalue weighted by atomic mass is 10.1. The van der Waals surface area contributed by atoms with Crippen LogP contribution in [0.3, 0.4) is 0 Å². The molecule has 2 aliphatic heterocycles. The number of carbonyl (C=O) groups is 2. The molecule has 2 aromatic rings. The highest BCUT2D eigenvalue weighted by Crippen LogP contribution is 2.36. The van der Waals surface area contributed by atoms with Gasteiger partial charge in [-0.15, -0.1) is 13.2 Å². The van der Waals surface area contributed by atoms with Crippen LogP contribution in [-0.2, 0) is 9.59 Å². The Morgan fingerprint density at radius 3 is 2.60 bits per heavy atom. The van der Waals surface area contributed by atoms with Crippen LogP contribution in [0.5, 0.6) is 17.2 Å². The SMILES string of the molecule is O=C(Nc1ccccc1OC(F)(F)F)C1CC(=O)N(c2ccc3c(c2)OCCO3)C1. The lowest BCUT2D eigenvalue weighted by molar-refractivity contribution is -0.274. The van der Waals surface area contributed by atoms with E-state index < -0.39 is 23.9 Å². The molecule has 1 unspecified atom stereocenters. The second-order valence-corrected chi connectivity index (χ2v) is 6.77. The van der Waals surface area contributed by atoms with Gasteiger partial charge in [0.15, 0.2) is 17.2 Å². The number of nitrogens with zero attached hydrogens (tertiary/aromatic N) is 1. The first-order valence-corrected chi connectivity index (χ1v) is 9.16. The first-order chi connectivity index (χ1) is 14.3. The summed E-state index contributed by atoms with van der Waals surface area (Å²) in [6, 6.07) is 10.3. The summed E-state index contributed by atoms with van der Waals surface area (Å²) in [7, 11) is 0. The number of ether oxygens (including phenoxy) is 3. The molecule has 0 bridgehead atoms. The van der Waals surface area contributed by atoms with E-state index in [9.17, 15) is 22.8 Å². The number of hydrogen-bond acceptors (Lipinski definition) is 5. The van der Waals surface area contributed by atoms with Gasteiger partial charge in [0.25, 0.3) is 0 Å². The van der Waals surface area contributed by atoms with Crippen molar-refractivity contribution in [3.8, 4) is 17.2 Å². The normalized spacial score (nSPS) is 18.3. The third-order valence-corrected chi connectivity index (χ3v) is 4.70. The van der Waals surface area contributed by atoms with Crippen molar-refractivity contribution >= 4 is 23.2 Å². The van der Waals surface area contributed by atoms with Gasteiger partial charge < -0.3 is 24.4 Å². The summed E-state index contributed by atoms with van der Waals surface area (Å²) in [4.78, 5) is 26.5. The van der Waals surface area contributed by atoms with Gasteiger partial charge in [0.2, 0.25) is 11.8 Å². The van der Waals surface area contributed by atoms with Gasteiger partial charge >= 0.3 is 6.36 Å². The van der Waals surface area contributed by atoms with Gasteiger partial charge in [-0.1, -0.05) is 12.1 Å². The molecule has 0 saturated carbocycles. The second kappa shape index (κ2) is 7.77. The minimum absolute atomic E-state index is 0.0669. The fraction of sp³-hybridized carbons (Fsp3) is 0.300.